The summed E-state index contributed by atoms with van der Waals surface area (Å²) in [7, 11) is 0. The molecule has 0 bridgehead atoms. The number of rotatable bonds is 9. The minimum Gasteiger partial charge on any atom is -0.439 e. The summed E-state index contributed by atoms with van der Waals surface area (Å²) in [5.41, 5.74) is 0.826. The van der Waals surface area contributed by atoms with E-state index in [2.05, 4.69) is 25.5 Å². The molecule has 2 aromatic rings. The molecule has 1 aliphatic rings. The summed E-state index contributed by atoms with van der Waals surface area (Å²) in [4.78, 5) is 11.4. The van der Waals surface area contributed by atoms with Gasteiger partial charge >= 0.3 is 0 Å². The highest BCUT2D eigenvalue weighted by Gasteiger charge is 2.10. The van der Waals surface area contributed by atoms with Gasteiger partial charge in [-0.3, -0.25) is 4.90 Å². The second kappa shape index (κ2) is 12.1. The van der Waals surface area contributed by atoms with E-state index < -0.39 is 0 Å². The van der Waals surface area contributed by atoms with Gasteiger partial charge in [-0.1, -0.05) is 12.1 Å². The minimum atomic E-state index is -0.348. The summed E-state index contributed by atoms with van der Waals surface area (Å²) in [5.74, 6) is 1.24. The van der Waals surface area contributed by atoms with Crippen molar-refractivity contribution in [1.82, 2.24) is 20.5 Å². The van der Waals surface area contributed by atoms with Gasteiger partial charge in [0, 0.05) is 44.0 Å². The quantitative estimate of drug-likeness (QED) is 0.373. The van der Waals surface area contributed by atoms with Crippen LogP contribution in [0.25, 0.3) is 0 Å². The predicted molar refractivity (Wildman–Crippen MR) is 115 cm³/mol. The number of hydrogen-bond acceptors (Lipinski definition) is 5. The van der Waals surface area contributed by atoms with E-state index in [1.165, 1.54) is 12.1 Å². The maximum absolute atomic E-state index is 13.4. The Morgan fingerprint density at radius 3 is 2.90 bits per heavy atom. The van der Waals surface area contributed by atoms with Crippen molar-refractivity contribution < 1.29 is 13.9 Å². The average Bonchev–Trinajstić information content (AvgIpc) is 2.76. The van der Waals surface area contributed by atoms with Gasteiger partial charge in [-0.15, -0.1) is 0 Å². The second-order valence-corrected chi connectivity index (χ2v) is 6.96. The zero-order chi connectivity index (χ0) is 21.0. The van der Waals surface area contributed by atoms with Crippen molar-refractivity contribution in [3.63, 3.8) is 0 Å². The fourth-order valence-electron chi connectivity index (χ4n) is 3.12. The van der Waals surface area contributed by atoms with Crippen molar-refractivity contribution in [2.24, 2.45) is 4.99 Å². The largest absolute Gasteiger partial charge is 0.439 e. The van der Waals surface area contributed by atoms with Gasteiger partial charge in [0.1, 0.15) is 11.6 Å². The average molecular weight is 416 g/mol. The van der Waals surface area contributed by atoms with Gasteiger partial charge in [-0.05, 0) is 38.1 Å². The van der Waals surface area contributed by atoms with Crippen molar-refractivity contribution in [1.29, 1.82) is 0 Å². The van der Waals surface area contributed by atoms with Crippen LogP contribution in [0.15, 0.2) is 47.6 Å². The van der Waals surface area contributed by atoms with Crippen molar-refractivity contribution in [3.05, 3.63) is 54.0 Å². The fraction of sp³-hybridized carbons (Fsp3) is 0.455. The van der Waals surface area contributed by atoms with E-state index in [1.807, 2.05) is 19.1 Å². The molecule has 0 radical (unpaired) electrons. The van der Waals surface area contributed by atoms with Crippen molar-refractivity contribution in [2.45, 2.75) is 19.9 Å². The number of benzene rings is 1. The Hall–Kier alpha value is -2.71. The molecule has 0 spiro atoms. The number of nitrogens with zero attached hydrogens (tertiary/aromatic N) is 3. The van der Waals surface area contributed by atoms with Crippen LogP contribution in [0.2, 0.25) is 0 Å². The van der Waals surface area contributed by atoms with Gasteiger partial charge < -0.3 is 20.1 Å². The molecule has 0 saturated carbocycles. The lowest BCUT2D eigenvalue weighted by Crippen LogP contribution is -2.40. The molecule has 162 valence electrons. The van der Waals surface area contributed by atoms with Crippen LogP contribution in [0, 0.1) is 5.82 Å². The Morgan fingerprint density at radius 1 is 1.23 bits per heavy atom. The van der Waals surface area contributed by atoms with E-state index >= 15 is 0 Å². The summed E-state index contributed by atoms with van der Waals surface area (Å²) < 4.78 is 24.6. The summed E-state index contributed by atoms with van der Waals surface area (Å²) in [6.07, 6.45) is 2.68. The van der Waals surface area contributed by atoms with Crippen LogP contribution >= 0.6 is 0 Å². The molecule has 1 aromatic heterocycles. The highest BCUT2D eigenvalue weighted by molar-refractivity contribution is 5.79. The number of aromatic nitrogens is 1. The smallest absolute Gasteiger partial charge is 0.224 e. The summed E-state index contributed by atoms with van der Waals surface area (Å²) in [6.45, 7) is 8.74. The number of guanidine groups is 1. The van der Waals surface area contributed by atoms with Crippen LogP contribution in [0.3, 0.4) is 0 Å². The summed E-state index contributed by atoms with van der Waals surface area (Å²) in [6, 6.07) is 9.77. The minimum absolute atomic E-state index is 0.348. The van der Waals surface area contributed by atoms with Crippen LogP contribution in [-0.2, 0) is 11.3 Å². The number of hydrogen-bond donors (Lipinski definition) is 2. The lowest BCUT2D eigenvalue weighted by atomic mass is 10.2. The first-order chi connectivity index (χ1) is 14.7. The molecule has 0 aliphatic carbocycles. The van der Waals surface area contributed by atoms with Gasteiger partial charge in [0.15, 0.2) is 5.96 Å². The van der Waals surface area contributed by atoms with Gasteiger partial charge in [0.2, 0.25) is 5.88 Å². The number of aliphatic imine (C=N–C) groups is 1. The first-order valence-corrected chi connectivity index (χ1v) is 10.4. The molecule has 0 unspecified atom stereocenters. The Labute approximate surface area is 177 Å². The third-order valence-corrected chi connectivity index (χ3v) is 4.66. The number of pyridine rings is 1. The number of ether oxygens (including phenoxy) is 2. The molecule has 2 heterocycles. The van der Waals surface area contributed by atoms with Crippen molar-refractivity contribution >= 4 is 5.96 Å². The molecule has 7 nitrogen and oxygen atoms in total. The summed E-state index contributed by atoms with van der Waals surface area (Å²) in [5, 5.41) is 6.64. The third-order valence-electron chi connectivity index (χ3n) is 4.66. The van der Waals surface area contributed by atoms with E-state index in [0.717, 1.165) is 63.9 Å². The van der Waals surface area contributed by atoms with E-state index in [-0.39, 0.29) is 5.82 Å². The number of nitrogens with one attached hydrogen (secondary N) is 2. The maximum atomic E-state index is 13.4. The molecular formula is C22H30FN5O2. The predicted octanol–water partition coefficient (Wildman–Crippen LogP) is 2.79. The number of halogens is 1. The standard InChI is InChI=1S/C22H30FN5O2/c1-2-24-22(26-10-5-11-28-12-14-29-15-13-28)27-17-18-6-4-9-25-21(18)30-20-8-3-7-19(23)16-20/h3-4,6-9,16H,2,5,10-15,17H2,1H3,(H2,24,26,27). The highest BCUT2D eigenvalue weighted by Crippen LogP contribution is 2.23. The Balaban J connectivity index is 1.54. The Morgan fingerprint density at radius 2 is 2.10 bits per heavy atom. The van der Waals surface area contributed by atoms with E-state index in [4.69, 9.17) is 9.47 Å². The molecule has 2 N–H and O–H groups in total. The molecule has 1 aliphatic heterocycles. The zero-order valence-corrected chi connectivity index (χ0v) is 17.4. The molecule has 0 amide bonds. The highest BCUT2D eigenvalue weighted by atomic mass is 19.1. The molecule has 1 fully saturated rings. The molecule has 1 aromatic carbocycles. The maximum Gasteiger partial charge on any atom is 0.224 e. The van der Waals surface area contributed by atoms with Crippen LogP contribution in [-0.4, -0.2) is 61.8 Å². The second-order valence-electron chi connectivity index (χ2n) is 6.96. The Kier molecular flexibility index (Phi) is 8.86. The van der Waals surface area contributed by atoms with Crippen LogP contribution in [0.5, 0.6) is 11.6 Å². The lowest BCUT2D eigenvalue weighted by molar-refractivity contribution is 0.0376. The van der Waals surface area contributed by atoms with Gasteiger partial charge in [0.05, 0.1) is 19.8 Å². The molecule has 1 saturated heterocycles. The van der Waals surface area contributed by atoms with Crippen molar-refractivity contribution in [2.75, 3.05) is 45.9 Å². The molecular weight excluding hydrogens is 385 g/mol. The third kappa shape index (κ3) is 7.27. The van der Waals surface area contributed by atoms with Gasteiger partial charge in [-0.25, -0.2) is 14.4 Å². The fourth-order valence-corrected chi connectivity index (χ4v) is 3.12. The molecule has 30 heavy (non-hydrogen) atoms. The molecule has 8 heteroatoms. The Bertz CT molecular complexity index is 812. The topological polar surface area (TPSA) is 71.0 Å². The van der Waals surface area contributed by atoms with Crippen molar-refractivity contribution in [3.8, 4) is 11.6 Å². The SMILES string of the molecule is CCNC(=NCc1cccnc1Oc1cccc(F)c1)NCCCN1CCOCC1. The number of morpholine rings is 1. The normalized spacial score (nSPS) is 15.1. The van der Waals surface area contributed by atoms with E-state index in [1.54, 1.807) is 18.3 Å². The lowest BCUT2D eigenvalue weighted by Gasteiger charge is -2.26. The first-order valence-electron chi connectivity index (χ1n) is 10.4. The molecule has 3 rings (SSSR count). The van der Waals surface area contributed by atoms with E-state index in [0.29, 0.717) is 18.2 Å². The zero-order valence-electron chi connectivity index (χ0n) is 17.4. The van der Waals surface area contributed by atoms with Crippen LogP contribution in [0.4, 0.5) is 4.39 Å². The van der Waals surface area contributed by atoms with E-state index in [9.17, 15) is 4.39 Å². The van der Waals surface area contributed by atoms with Gasteiger partial charge in [-0.2, -0.15) is 0 Å². The van der Waals surface area contributed by atoms with Crippen LogP contribution in [0.1, 0.15) is 18.9 Å². The first kappa shape index (κ1) is 22.0. The molecule has 0 atom stereocenters. The van der Waals surface area contributed by atoms with Crippen LogP contribution < -0.4 is 15.4 Å². The summed E-state index contributed by atoms with van der Waals surface area (Å²) >= 11 is 0. The monoisotopic (exact) mass is 415 g/mol. The van der Waals surface area contributed by atoms with Gasteiger partial charge in [0.25, 0.3) is 0 Å².